The predicted octanol–water partition coefficient (Wildman–Crippen LogP) is 1.75. The summed E-state index contributed by atoms with van der Waals surface area (Å²) in [5.41, 5.74) is 1.00. The van der Waals surface area contributed by atoms with E-state index in [-0.39, 0.29) is 25.0 Å². The molecule has 1 aromatic rings. The Morgan fingerprint density at radius 3 is 2.48 bits per heavy atom. The Hall–Kier alpha value is -2.44. The van der Waals surface area contributed by atoms with Gasteiger partial charge in [-0.1, -0.05) is 6.07 Å². The molecule has 0 spiro atoms. The summed E-state index contributed by atoms with van der Waals surface area (Å²) < 4.78 is 10.4. The van der Waals surface area contributed by atoms with E-state index < -0.39 is 5.97 Å². The number of carboxylic acids is 1. The van der Waals surface area contributed by atoms with Crippen LogP contribution in [0.25, 0.3) is 0 Å². The number of rotatable bonds is 8. The van der Waals surface area contributed by atoms with Gasteiger partial charge >= 0.3 is 12.0 Å². The molecule has 2 amide bonds. The molecule has 1 rings (SSSR count). The number of ether oxygens (including phenoxy) is 2. The Balaban J connectivity index is 2.57. The molecule has 0 aliphatic heterocycles. The summed E-state index contributed by atoms with van der Waals surface area (Å²) in [5.74, 6) is 0.367. The lowest BCUT2D eigenvalue weighted by molar-refractivity contribution is -0.137. The second-order valence-corrected chi connectivity index (χ2v) is 5.31. The minimum atomic E-state index is -0.928. The van der Waals surface area contributed by atoms with Gasteiger partial charge in [-0.05, 0) is 31.0 Å². The topological polar surface area (TPSA) is 88.1 Å². The highest BCUT2D eigenvalue weighted by Gasteiger charge is 2.14. The molecule has 128 valence electrons. The van der Waals surface area contributed by atoms with E-state index in [9.17, 15) is 9.59 Å². The van der Waals surface area contributed by atoms with Crippen LogP contribution in [0.2, 0.25) is 0 Å². The average molecular weight is 324 g/mol. The predicted molar refractivity (Wildman–Crippen MR) is 86.1 cm³/mol. The third-order valence-electron chi connectivity index (χ3n) is 3.37. The van der Waals surface area contributed by atoms with Gasteiger partial charge in [0, 0.05) is 19.6 Å². The third-order valence-corrected chi connectivity index (χ3v) is 3.37. The van der Waals surface area contributed by atoms with Crippen molar-refractivity contribution in [2.24, 2.45) is 0 Å². The lowest BCUT2D eigenvalue weighted by Crippen LogP contribution is -2.43. The summed E-state index contributed by atoms with van der Waals surface area (Å²) in [6.07, 6.45) is 0.548. The quantitative estimate of drug-likeness (QED) is 0.760. The van der Waals surface area contributed by atoms with Crippen molar-refractivity contribution in [1.82, 2.24) is 10.2 Å². The molecule has 0 heterocycles. The van der Waals surface area contributed by atoms with Crippen molar-refractivity contribution in [3.63, 3.8) is 0 Å². The normalized spacial score (nSPS) is 11.5. The number of urea groups is 1. The second kappa shape index (κ2) is 8.87. The van der Waals surface area contributed by atoms with Gasteiger partial charge in [0.15, 0.2) is 11.5 Å². The van der Waals surface area contributed by atoms with Gasteiger partial charge in [-0.25, -0.2) is 4.79 Å². The van der Waals surface area contributed by atoms with E-state index in [0.29, 0.717) is 17.9 Å². The first-order valence-corrected chi connectivity index (χ1v) is 7.31. The summed E-state index contributed by atoms with van der Waals surface area (Å²) in [6, 6.07) is 5.21. The summed E-state index contributed by atoms with van der Waals surface area (Å²) in [4.78, 5) is 23.8. The number of nitrogens with zero attached hydrogens (tertiary/aromatic N) is 1. The van der Waals surface area contributed by atoms with E-state index in [0.717, 1.165) is 5.56 Å². The third kappa shape index (κ3) is 6.06. The van der Waals surface area contributed by atoms with Crippen LogP contribution in [-0.4, -0.2) is 55.9 Å². The fourth-order valence-corrected chi connectivity index (χ4v) is 2.10. The molecule has 23 heavy (non-hydrogen) atoms. The highest BCUT2D eigenvalue weighted by Crippen LogP contribution is 2.27. The molecule has 7 heteroatoms. The van der Waals surface area contributed by atoms with Gasteiger partial charge in [0.1, 0.15) is 0 Å². The molecule has 0 saturated carbocycles. The number of hydrogen-bond acceptors (Lipinski definition) is 4. The van der Waals surface area contributed by atoms with Crippen LogP contribution < -0.4 is 14.8 Å². The summed E-state index contributed by atoms with van der Waals surface area (Å²) >= 11 is 0. The Bertz CT molecular complexity index is 547. The standard InChI is InChI=1S/C16H24N2O5/c1-11(17-16(21)18(2)8-7-15(19)20)9-12-5-6-13(22-3)14(10-12)23-4/h5-6,10-11H,7-9H2,1-4H3,(H,17,21)(H,19,20). The maximum absolute atomic E-state index is 12.0. The van der Waals surface area contributed by atoms with E-state index in [4.69, 9.17) is 14.6 Å². The number of carboxylic acid groups (broad SMARTS) is 1. The molecule has 0 radical (unpaired) electrons. The van der Waals surface area contributed by atoms with E-state index in [1.54, 1.807) is 21.3 Å². The van der Waals surface area contributed by atoms with Crippen LogP contribution >= 0.6 is 0 Å². The van der Waals surface area contributed by atoms with Crippen LogP contribution in [0.5, 0.6) is 11.5 Å². The zero-order chi connectivity index (χ0) is 17.4. The first kappa shape index (κ1) is 18.6. The minimum Gasteiger partial charge on any atom is -0.493 e. The molecule has 7 nitrogen and oxygen atoms in total. The van der Waals surface area contributed by atoms with Crippen molar-refractivity contribution in [3.05, 3.63) is 23.8 Å². The Kier molecular flexibility index (Phi) is 7.18. The van der Waals surface area contributed by atoms with Crippen LogP contribution in [0.4, 0.5) is 4.79 Å². The molecule has 0 aliphatic carbocycles. The van der Waals surface area contributed by atoms with Crippen molar-refractivity contribution < 1.29 is 24.2 Å². The lowest BCUT2D eigenvalue weighted by Gasteiger charge is -2.21. The molecule has 2 N–H and O–H groups in total. The van der Waals surface area contributed by atoms with Crippen molar-refractivity contribution in [2.75, 3.05) is 27.8 Å². The molecule has 1 unspecified atom stereocenters. The SMILES string of the molecule is COc1ccc(CC(C)NC(=O)N(C)CCC(=O)O)cc1OC. The minimum absolute atomic E-state index is 0.0754. The number of hydrogen-bond donors (Lipinski definition) is 2. The summed E-state index contributed by atoms with van der Waals surface area (Å²) in [6.45, 7) is 2.06. The van der Waals surface area contributed by atoms with Crippen LogP contribution in [0.1, 0.15) is 18.9 Å². The second-order valence-electron chi connectivity index (χ2n) is 5.31. The number of methoxy groups -OCH3 is 2. The van der Waals surface area contributed by atoms with Crippen LogP contribution in [-0.2, 0) is 11.2 Å². The molecule has 0 aromatic heterocycles. The van der Waals surface area contributed by atoms with Gasteiger partial charge in [0.05, 0.1) is 20.6 Å². The average Bonchev–Trinajstić information content (AvgIpc) is 2.51. The molecule has 0 aliphatic rings. The van der Waals surface area contributed by atoms with E-state index >= 15 is 0 Å². The number of amides is 2. The molecule has 0 bridgehead atoms. The Morgan fingerprint density at radius 1 is 1.26 bits per heavy atom. The van der Waals surface area contributed by atoms with Crippen molar-refractivity contribution in [3.8, 4) is 11.5 Å². The fourth-order valence-electron chi connectivity index (χ4n) is 2.10. The molecular weight excluding hydrogens is 300 g/mol. The van der Waals surface area contributed by atoms with Gasteiger partial charge in [-0.15, -0.1) is 0 Å². The zero-order valence-electron chi connectivity index (χ0n) is 14.0. The number of carbonyl (C=O) groups excluding carboxylic acids is 1. The highest BCUT2D eigenvalue weighted by atomic mass is 16.5. The van der Waals surface area contributed by atoms with Gasteiger partial charge in [0.2, 0.25) is 0 Å². The molecule has 1 aromatic carbocycles. The first-order chi connectivity index (χ1) is 10.9. The van der Waals surface area contributed by atoms with Crippen molar-refractivity contribution >= 4 is 12.0 Å². The number of aliphatic carboxylic acids is 1. The van der Waals surface area contributed by atoms with Gasteiger partial charge in [-0.2, -0.15) is 0 Å². The highest BCUT2D eigenvalue weighted by molar-refractivity contribution is 5.75. The Labute approximate surface area is 136 Å². The molecule has 1 atom stereocenters. The van der Waals surface area contributed by atoms with Gasteiger partial charge < -0.3 is 24.8 Å². The van der Waals surface area contributed by atoms with Crippen molar-refractivity contribution in [2.45, 2.75) is 25.8 Å². The number of benzene rings is 1. The smallest absolute Gasteiger partial charge is 0.317 e. The van der Waals surface area contributed by atoms with Crippen LogP contribution in [0.15, 0.2) is 18.2 Å². The number of nitrogens with one attached hydrogen (secondary N) is 1. The zero-order valence-corrected chi connectivity index (χ0v) is 14.0. The number of carbonyl (C=O) groups is 2. The largest absolute Gasteiger partial charge is 0.493 e. The van der Waals surface area contributed by atoms with E-state index in [1.807, 2.05) is 25.1 Å². The maximum atomic E-state index is 12.0. The molecule has 0 saturated heterocycles. The summed E-state index contributed by atoms with van der Waals surface area (Å²) in [5, 5.41) is 11.5. The van der Waals surface area contributed by atoms with E-state index in [2.05, 4.69) is 5.32 Å². The molecule has 0 fully saturated rings. The maximum Gasteiger partial charge on any atom is 0.317 e. The Morgan fingerprint density at radius 2 is 1.91 bits per heavy atom. The monoisotopic (exact) mass is 324 g/mol. The van der Waals surface area contributed by atoms with Crippen LogP contribution in [0.3, 0.4) is 0 Å². The van der Waals surface area contributed by atoms with E-state index in [1.165, 1.54) is 4.90 Å². The molecular formula is C16H24N2O5. The van der Waals surface area contributed by atoms with Gasteiger partial charge in [-0.3, -0.25) is 4.79 Å². The fraction of sp³-hybridized carbons (Fsp3) is 0.500. The van der Waals surface area contributed by atoms with Crippen LogP contribution in [0, 0.1) is 0 Å². The lowest BCUT2D eigenvalue weighted by atomic mass is 10.1. The van der Waals surface area contributed by atoms with Gasteiger partial charge in [0.25, 0.3) is 0 Å². The summed E-state index contributed by atoms with van der Waals surface area (Å²) in [7, 11) is 4.72. The van der Waals surface area contributed by atoms with Crippen molar-refractivity contribution in [1.29, 1.82) is 0 Å². The first-order valence-electron chi connectivity index (χ1n) is 7.31.